The van der Waals surface area contributed by atoms with Crippen LogP contribution in [0.15, 0.2) is 34.7 Å². The van der Waals surface area contributed by atoms with E-state index in [1.54, 1.807) is 19.9 Å². The number of ketones is 1. The Morgan fingerprint density at radius 3 is 2.51 bits per heavy atom. The Labute approximate surface area is 213 Å². The van der Waals surface area contributed by atoms with E-state index in [-0.39, 0.29) is 12.0 Å². The largest absolute Gasteiger partial charge is 0.472 e. The van der Waals surface area contributed by atoms with Crippen molar-refractivity contribution < 1.29 is 48.7 Å². The lowest BCUT2D eigenvalue weighted by Crippen LogP contribution is -2.65. The summed E-state index contributed by atoms with van der Waals surface area (Å²) in [4.78, 5) is 39.2. The predicted molar refractivity (Wildman–Crippen MR) is 123 cm³/mol. The normalized spacial score (nSPS) is 50.6. The number of rotatable bonds is 3. The van der Waals surface area contributed by atoms with Crippen molar-refractivity contribution in [3.05, 3.63) is 35.8 Å². The monoisotopic (exact) mass is 516 g/mol. The maximum absolute atomic E-state index is 13.7. The quantitative estimate of drug-likeness (QED) is 0.423. The molecule has 1 aromatic heterocycles. The molecule has 0 saturated heterocycles. The topological polar surface area (TPSA) is 164 Å². The van der Waals surface area contributed by atoms with E-state index >= 15 is 0 Å². The third-order valence-electron chi connectivity index (χ3n) is 11.0. The Hall–Kier alpha value is -2.53. The summed E-state index contributed by atoms with van der Waals surface area (Å²) >= 11 is 0. The molecule has 10 nitrogen and oxygen atoms in total. The standard InChI is InChI=1S/C27H32O10/c1-23-7-5-13-25(3)18(17(30)22(32)35-4)24(2)11-26(25,33)19(16(29)20(24)31)27(13,34)14(23)9-15(28)37-21(23)12-6-8-36-10-12/h6,8-10,13,16-19,21,29-30,33-34H,5,7,11H2,1-4H3. The van der Waals surface area contributed by atoms with Crippen molar-refractivity contribution in [2.24, 2.45) is 34.0 Å². The number of carbonyl (C=O) groups excluding carboxylic acids is 3. The van der Waals surface area contributed by atoms with Gasteiger partial charge in [-0.3, -0.25) is 4.79 Å². The van der Waals surface area contributed by atoms with E-state index < -0.39 is 81.2 Å². The second-order valence-corrected chi connectivity index (χ2v) is 12.3. The van der Waals surface area contributed by atoms with Gasteiger partial charge in [-0.25, -0.2) is 9.59 Å². The molecular formula is C27H32O10. The first-order chi connectivity index (χ1) is 17.2. The molecule has 37 heavy (non-hydrogen) atoms. The molecule has 200 valence electrons. The highest BCUT2D eigenvalue weighted by atomic mass is 16.5. The molecule has 4 aliphatic carbocycles. The molecule has 6 rings (SSSR count). The molecule has 0 radical (unpaired) electrons. The number of aliphatic hydroxyl groups excluding tert-OH is 2. The molecule has 4 fully saturated rings. The predicted octanol–water partition coefficient (Wildman–Crippen LogP) is 0.822. The first-order valence-corrected chi connectivity index (χ1v) is 12.6. The maximum atomic E-state index is 13.7. The Kier molecular flexibility index (Phi) is 4.76. The Balaban J connectivity index is 1.59. The molecule has 11 unspecified atom stereocenters. The second kappa shape index (κ2) is 7.11. The molecule has 1 aliphatic heterocycles. The summed E-state index contributed by atoms with van der Waals surface area (Å²) in [5.41, 5.74) is -6.71. The Morgan fingerprint density at radius 2 is 1.89 bits per heavy atom. The summed E-state index contributed by atoms with van der Waals surface area (Å²) in [6.07, 6.45) is 0.351. The zero-order valence-electron chi connectivity index (χ0n) is 21.1. The van der Waals surface area contributed by atoms with E-state index in [0.29, 0.717) is 18.4 Å². The zero-order valence-corrected chi connectivity index (χ0v) is 21.1. The van der Waals surface area contributed by atoms with Gasteiger partial charge in [0.05, 0.1) is 36.8 Å². The molecule has 4 saturated carbocycles. The minimum Gasteiger partial charge on any atom is -0.472 e. The lowest BCUT2D eigenvalue weighted by atomic mass is 9.49. The van der Waals surface area contributed by atoms with Crippen molar-refractivity contribution in [3.63, 3.8) is 0 Å². The van der Waals surface area contributed by atoms with Crippen LogP contribution in [-0.2, 0) is 23.9 Å². The average Bonchev–Trinajstić information content (AvgIpc) is 3.45. The molecule has 10 heteroatoms. The molecule has 0 amide bonds. The van der Waals surface area contributed by atoms with Crippen LogP contribution >= 0.6 is 0 Å². The number of hydrogen-bond acceptors (Lipinski definition) is 10. The molecule has 0 aromatic carbocycles. The fourth-order valence-electron chi connectivity index (χ4n) is 9.68. The van der Waals surface area contributed by atoms with Gasteiger partial charge in [-0.15, -0.1) is 0 Å². The van der Waals surface area contributed by atoms with Crippen LogP contribution in [0.2, 0.25) is 0 Å². The van der Waals surface area contributed by atoms with Crippen molar-refractivity contribution in [3.8, 4) is 0 Å². The fraction of sp³-hybridized carbons (Fsp3) is 0.667. The van der Waals surface area contributed by atoms with Gasteiger partial charge in [0.25, 0.3) is 0 Å². The number of hydrogen-bond donors (Lipinski definition) is 4. The highest BCUT2D eigenvalue weighted by Crippen LogP contribution is 2.80. The van der Waals surface area contributed by atoms with E-state index in [1.165, 1.54) is 18.6 Å². The summed E-state index contributed by atoms with van der Waals surface area (Å²) in [5.74, 6) is -5.64. The van der Waals surface area contributed by atoms with Crippen LogP contribution in [0, 0.1) is 34.0 Å². The van der Waals surface area contributed by atoms with Crippen molar-refractivity contribution in [1.82, 2.24) is 0 Å². The van der Waals surface area contributed by atoms with Crippen molar-refractivity contribution in [2.75, 3.05) is 7.11 Å². The van der Waals surface area contributed by atoms with Gasteiger partial charge in [0.1, 0.15) is 12.2 Å². The van der Waals surface area contributed by atoms with Gasteiger partial charge in [-0.2, -0.15) is 0 Å². The van der Waals surface area contributed by atoms with Gasteiger partial charge in [-0.1, -0.05) is 20.8 Å². The summed E-state index contributed by atoms with van der Waals surface area (Å²) < 4.78 is 15.7. The van der Waals surface area contributed by atoms with Crippen LogP contribution in [0.25, 0.3) is 0 Å². The van der Waals surface area contributed by atoms with Gasteiger partial charge in [-0.05, 0) is 30.9 Å². The van der Waals surface area contributed by atoms with E-state index in [1.807, 2.05) is 6.92 Å². The van der Waals surface area contributed by atoms with E-state index in [9.17, 15) is 34.8 Å². The summed E-state index contributed by atoms with van der Waals surface area (Å²) in [7, 11) is 1.12. The highest BCUT2D eigenvalue weighted by Gasteiger charge is 2.88. The van der Waals surface area contributed by atoms with E-state index in [2.05, 4.69) is 0 Å². The highest BCUT2D eigenvalue weighted by molar-refractivity contribution is 5.94. The minimum absolute atomic E-state index is 0.159. The zero-order chi connectivity index (χ0) is 26.9. The van der Waals surface area contributed by atoms with Gasteiger partial charge >= 0.3 is 11.9 Å². The van der Waals surface area contributed by atoms with Crippen LogP contribution in [0.4, 0.5) is 0 Å². The third-order valence-corrected chi connectivity index (χ3v) is 11.0. The minimum atomic E-state index is -2.00. The summed E-state index contributed by atoms with van der Waals surface area (Å²) in [6.45, 7) is 5.07. The number of furan rings is 1. The lowest BCUT2D eigenvalue weighted by molar-refractivity contribution is -0.190. The number of aliphatic hydroxyl groups is 4. The van der Waals surface area contributed by atoms with Gasteiger partial charge < -0.3 is 34.3 Å². The van der Waals surface area contributed by atoms with Crippen LogP contribution in [0.5, 0.6) is 0 Å². The van der Waals surface area contributed by atoms with E-state index in [0.717, 1.165) is 7.11 Å². The number of ether oxygens (including phenoxy) is 2. The number of methoxy groups -OCH3 is 1. The molecule has 4 N–H and O–H groups in total. The molecule has 0 spiro atoms. The lowest BCUT2D eigenvalue weighted by Gasteiger charge is -2.58. The number of cyclic esters (lactones) is 1. The van der Waals surface area contributed by atoms with Gasteiger partial charge in [0, 0.05) is 39.7 Å². The number of Topliss-reactive ketones (excluding diaryl/α,β-unsaturated/α-hetero) is 1. The fourth-order valence-corrected chi connectivity index (χ4v) is 9.68. The van der Waals surface area contributed by atoms with Crippen LogP contribution in [-0.4, -0.2) is 68.7 Å². The summed E-state index contributed by atoms with van der Waals surface area (Å²) in [5, 5.41) is 47.8. The van der Waals surface area contributed by atoms with Crippen molar-refractivity contribution >= 4 is 17.7 Å². The number of carbonyl (C=O) groups is 3. The number of esters is 2. The molecular weight excluding hydrogens is 484 g/mol. The van der Waals surface area contributed by atoms with Crippen LogP contribution in [0.3, 0.4) is 0 Å². The molecule has 1 aromatic rings. The van der Waals surface area contributed by atoms with Crippen molar-refractivity contribution in [1.29, 1.82) is 0 Å². The Bertz CT molecular complexity index is 1240. The smallest absolute Gasteiger partial charge is 0.335 e. The number of fused-ring (bicyclic) bond motifs is 6. The molecule has 2 heterocycles. The SMILES string of the molecule is COC(=O)C(O)C1C2(C)CC3(O)C(C(O)C2=O)C2(O)C4=CC(=O)OC(c5ccoc5)C4(C)CCC2C13C. The van der Waals surface area contributed by atoms with Crippen LogP contribution < -0.4 is 0 Å². The van der Waals surface area contributed by atoms with Crippen LogP contribution in [0.1, 0.15) is 51.7 Å². The maximum Gasteiger partial charge on any atom is 0.335 e. The van der Waals surface area contributed by atoms with Gasteiger partial charge in [0.15, 0.2) is 11.9 Å². The average molecular weight is 517 g/mol. The first kappa shape index (κ1) is 24.8. The Morgan fingerprint density at radius 1 is 1.19 bits per heavy atom. The molecule has 2 bridgehead atoms. The summed E-state index contributed by atoms with van der Waals surface area (Å²) in [6, 6.07) is 1.67. The van der Waals surface area contributed by atoms with Crippen molar-refractivity contribution in [2.45, 2.75) is 69.5 Å². The van der Waals surface area contributed by atoms with E-state index in [4.69, 9.17) is 13.9 Å². The second-order valence-electron chi connectivity index (χ2n) is 12.3. The molecule has 5 aliphatic rings. The third kappa shape index (κ3) is 2.49. The molecule has 11 atom stereocenters. The first-order valence-electron chi connectivity index (χ1n) is 12.6. The van der Waals surface area contributed by atoms with Gasteiger partial charge in [0.2, 0.25) is 0 Å².